The monoisotopic (exact) mass is 427 g/mol. The van der Waals surface area contributed by atoms with E-state index in [1.807, 2.05) is 45.0 Å². The van der Waals surface area contributed by atoms with Gasteiger partial charge in [-0.1, -0.05) is 43.7 Å². The number of esters is 1. The Balaban J connectivity index is 2.05. The maximum absolute atomic E-state index is 12.7. The minimum absolute atomic E-state index is 0.0261. The molecule has 30 heavy (non-hydrogen) atoms. The summed E-state index contributed by atoms with van der Waals surface area (Å²) in [6.45, 7) is 5.99. The minimum atomic E-state index is -3.11. The van der Waals surface area contributed by atoms with Crippen molar-refractivity contribution < 1.29 is 17.9 Å². The van der Waals surface area contributed by atoms with Crippen LogP contribution in [0.3, 0.4) is 0 Å². The van der Waals surface area contributed by atoms with Crippen LogP contribution in [-0.2, 0) is 14.6 Å². The number of benzene rings is 1. The van der Waals surface area contributed by atoms with Crippen molar-refractivity contribution >= 4 is 26.8 Å². The van der Waals surface area contributed by atoms with Gasteiger partial charge in [-0.15, -0.1) is 0 Å². The summed E-state index contributed by atoms with van der Waals surface area (Å²) in [4.78, 5) is 17.5. The van der Waals surface area contributed by atoms with E-state index < -0.39 is 15.8 Å². The summed E-state index contributed by atoms with van der Waals surface area (Å²) < 4.78 is 31.0. The molecule has 0 amide bonds. The van der Waals surface area contributed by atoms with Gasteiger partial charge in [0.1, 0.15) is 5.69 Å². The number of nitrogens with zero attached hydrogens (tertiary/aromatic N) is 3. The third kappa shape index (κ3) is 3.60. The van der Waals surface area contributed by atoms with Gasteiger partial charge in [0.25, 0.3) is 0 Å². The number of hydrogen-bond donors (Lipinski definition) is 0. The van der Waals surface area contributed by atoms with E-state index in [1.54, 1.807) is 10.7 Å². The molecule has 7 nitrogen and oxygen atoms in total. The van der Waals surface area contributed by atoms with Crippen molar-refractivity contribution in [1.82, 2.24) is 14.8 Å². The van der Waals surface area contributed by atoms with Gasteiger partial charge in [-0.2, -0.15) is 5.10 Å². The van der Waals surface area contributed by atoms with E-state index in [0.29, 0.717) is 28.7 Å². The molecule has 2 aromatic heterocycles. The van der Waals surface area contributed by atoms with Gasteiger partial charge in [-0.05, 0) is 25.3 Å². The fourth-order valence-electron chi connectivity index (χ4n) is 3.86. The average Bonchev–Trinajstić information content (AvgIpc) is 3.27. The molecular weight excluding hydrogens is 402 g/mol. The van der Waals surface area contributed by atoms with Crippen LogP contribution in [0, 0.1) is 6.92 Å². The molecule has 0 aliphatic carbocycles. The Labute approximate surface area is 176 Å². The van der Waals surface area contributed by atoms with Crippen LogP contribution < -0.4 is 0 Å². The number of methoxy groups -OCH3 is 1. The van der Waals surface area contributed by atoms with E-state index in [1.165, 1.54) is 7.11 Å². The fraction of sp³-hybridized carbons (Fsp3) is 0.409. The van der Waals surface area contributed by atoms with Gasteiger partial charge >= 0.3 is 5.97 Å². The van der Waals surface area contributed by atoms with Crippen molar-refractivity contribution in [3.63, 3.8) is 0 Å². The van der Waals surface area contributed by atoms with Crippen molar-refractivity contribution in [3.8, 4) is 11.3 Å². The molecule has 0 radical (unpaired) electrons. The van der Waals surface area contributed by atoms with Gasteiger partial charge < -0.3 is 4.74 Å². The maximum atomic E-state index is 12.7. The standard InChI is InChI=1S/C22H25N3O4S/c1-13(2)18-11-17(22(26)29-4)19-20(15-7-5-14(3)6-8-15)24-25(21(19)23-18)16-9-10-30(27,28)12-16/h5-8,11,13,16H,9-10,12H2,1-4H3/t16-/m1/s1. The molecule has 1 fully saturated rings. The second kappa shape index (κ2) is 7.50. The van der Waals surface area contributed by atoms with Crippen molar-refractivity contribution in [2.45, 2.75) is 39.2 Å². The first-order chi connectivity index (χ1) is 14.2. The second-order valence-electron chi connectivity index (χ2n) is 8.16. The fourth-order valence-corrected chi connectivity index (χ4v) is 5.55. The van der Waals surface area contributed by atoms with Gasteiger partial charge in [0.05, 0.1) is 35.6 Å². The summed E-state index contributed by atoms with van der Waals surface area (Å²) in [5.41, 5.74) is 4.22. The molecular formula is C22H25N3O4S. The maximum Gasteiger partial charge on any atom is 0.338 e. The second-order valence-corrected chi connectivity index (χ2v) is 10.4. The number of aryl methyl sites for hydroxylation is 1. The summed E-state index contributed by atoms with van der Waals surface area (Å²) in [5, 5.41) is 5.39. The zero-order valence-corrected chi connectivity index (χ0v) is 18.4. The highest BCUT2D eigenvalue weighted by atomic mass is 32.2. The lowest BCUT2D eigenvalue weighted by atomic mass is 10.0. The predicted molar refractivity (Wildman–Crippen MR) is 115 cm³/mol. The SMILES string of the molecule is COC(=O)c1cc(C(C)C)nc2c1c(-c1ccc(C)cc1)nn2[C@@H]1CCS(=O)(=O)C1. The van der Waals surface area contributed by atoms with Crippen molar-refractivity contribution in [2.24, 2.45) is 0 Å². The Morgan fingerprint density at radius 3 is 2.50 bits per heavy atom. The lowest BCUT2D eigenvalue weighted by Crippen LogP contribution is -2.14. The van der Waals surface area contributed by atoms with E-state index in [-0.39, 0.29) is 23.5 Å². The van der Waals surface area contributed by atoms with Crippen LogP contribution in [0.1, 0.15) is 53.8 Å². The van der Waals surface area contributed by atoms with E-state index in [2.05, 4.69) is 0 Å². The first kappa shape index (κ1) is 20.5. The highest BCUT2D eigenvalue weighted by Gasteiger charge is 2.33. The zero-order valence-electron chi connectivity index (χ0n) is 17.5. The number of aromatic nitrogens is 3. The number of ether oxygens (including phenoxy) is 1. The molecule has 1 atom stereocenters. The Morgan fingerprint density at radius 2 is 1.93 bits per heavy atom. The Hall–Kier alpha value is -2.74. The quantitative estimate of drug-likeness (QED) is 0.590. The number of rotatable bonds is 4. The van der Waals surface area contributed by atoms with E-state index >= 15 is 0 Å². The average molecular weight is 428 g/mol. The molecule has 3 heterocycles. The van der Waals surface area contributed by atoms with Crippen molar-refractivity contribution in [3.05, 3.63) is 47.2 Å². The molecule has 0 N–H and O–H groups in total. The first-order valence-electron chi connectivity index (χ1n) is 9.99. The molecule has 4 rings (SSSR count). The highest BCUT2D eigenvalue weighted by molar-refractivity contribution is 7.91. The van der Waals surface area contributed by atoms with Crippen LogP contribution in [0.25, 0.3) is 22.3 Å². The van der Waals surface area contributed by atoms with E-state index in [9.17, 15) is 13.2 Å². The van der Waals surface area contributed by atoms with Crippen LogP contribution in [0.5, 0.6) is 0 Å². The predicted octanol–water partition coefficient (Wildman–Crippen LogP) is 3.68. The Bertz CT molecular complexity index is 1230. The number of carbonyl (C=O) groups is 1. The summed E-state index contributed by atoms with van der Waals surface area (Å²) in [6, 6.07) is 9.31. The van der Waals surface area contributed by atoms with Gasteiger partial charge in [-0.25, -0.2) is 22.9 Å². The molecule has 1 aliphatic rings. The normalized spacial score (nSPS) is 18.2. The van der Waals surface area contributed by atoms with Crippen LogP contribution in [0.15, 0.2) is 30.3 Å². The molecule has 0 saturated carbocycles. The van der Waals surface area contributed by atoms with E-state index in [0.717, 1.165) is 16.8 Å². The molecule has 8 heteroatoms. The third-order valence-electron chi connectivity index (χ3n) is 5.56. The Kier molecular flexibility index (Phi) is 5.13. The molecule has 1 aliphatic heterocycles. The zero-order chi connectivity index (χ0) is 21.6. The summed E-state index contributed by atoms with van der Waals surface area (Å²) in [5.74, 6) is -0.224. The number of fused-ring (bicyclic) bond motifs is 1. The lowest BCUT2D eigenvalue weighted by Gasteiger charge is -2.12. The summed E-state index contributed by atoms with van der Waals surface area (Å²) >= 11 is 0. The minimum Gasteiger partial charge on any atom is -0.465 e. The lowest BCUT2D eigenvalue weighted by molar-refractivity contribution is 0.0602. The van der Waals surface area contributed by atoms with Gasteiger partial charge in [-0.3, -0.25) is 0 Å². The summed E-state index contributed by atoms with van der Waals surface area (Å²) in [6.07, 6.45) is 0.480. The van der Waals surface area contributed by atoms with Gasteiger partial charge in [0.2, 0.25) is 0 Å². The largest absolute Gasteiger partial charge is 0.465 e. The molecule has 0 bridgehead atoms. The number of pyridine rings is 1. The number of hydrogen-bond acceptors (Lipinski definition) is 6. The van der Waals surface area contributed by atoms with Gasteiger partial charge in [0, 0.05) is 11.3 Å². The number of sulfone groups is 1. The Morgan fingerprint density at radius 1 is 1.23 bits per heavy atom. The number of carbonyl (C=O) groups excluding carboxylic acids is 1. The molecule has 0 unspecified atom stereocenters. The van der Waals surface area contributed by atoms with Crippen LogP contribution in [0.4, 0.5) is 0 Å². The molecule has 1 aromatic carbocycles. The van der Waals surface area contributed by atoms with Crippen molar-refractivity contribution in [1.29, 1.82) is 0 Å². The molecule has 1 saturated heterocycles. The van der Waals surface area contributed by atoms with Crippen LogP contribution in [-0.4, -0.2) is 47.8 Å². The molecule has 3 aromatic rings. The summed E-state index contributed by atoms with van der Waals surface area (Å²) in [7, 11) is -1.76. The van der Waals surface area contributed by atoms with Gasteiger partial charge in [0.15, 0.2) is 15.5 Å². The van der Waals surface area contributed by atoms with Crippen molar-refractivity contribution in [2.75, 3.05) is 18.6 Å². The van der Waals surface area contributed by atoms with E-state index in [4.69, 9.17) is 14.8 Å². The highest BCUT2D eigenvalue weighted by Crippen LogP contribution is 2.36. The third-order valence-corrected chi connectivity index (χ3v) is 7.31. The van der Waals surface area contributed by atoms with Crippen LogP contribution >= 0.6 is 0 Å². The topological polar surface area (TPSA) is 91.2 Å². The molecule has 0 spiro atoms. The van der Waals surface area contributed by atoms with Crippen LogP contribution in [0.2, 0.25) is 0 Å². The first-order valence-corrected chi connectivity index (χ1v) is 11.8. The molecule has 158 valence electrons. The smallest absolute Gasteiger partial charge is 0.338 e.